The summed E-state index contributed by atoms with van der Waals surface area (Å²) < 4.78 is 12.0. The van der Waals surface area contributed by atoms with E-state index in [0.29, 0.717) is 13.2 Å². The molecule has 2 N–H and O–H groups in total. The van der Waals surface area contributed by atoms with E-state index in [2.05, 4.69) is 15.9 Å². The van der Waals surface area contributed by atoms with Crippen molar-refractivity contribution in [2.24, 2.45) is 5.73 Å². The quantitative estimate of drug-likeness (QED) is 0.916. The van der Waals surface area contributed by atoms with Gasteiger partial charge in [0, 0.05) is 16.6 Å². The zero-order chi connectivity index (χ0) is 13.7. The largest absolute Gasteiger partial charge is 0.497 e. The molecule has 0 aliphatic heterocycles. The van der Waals surface area contributed by atoms with E-state index in [1.807, 2.05) is 42.5 Å². The minimum Gasteiger partial charge on any atom is -0.497 e. The summed E-state index contributed by atoms with van der Waals surface area (Å²) in [5.41, 5.74) is 7.71. The molecule has 0 heterocycles. The summed E-state index contributed by atoms with van der Waals surface area (Å²) >= 11 is 3.51. The fraction of sp³-hybridized carbons (Fsp3) is 0.200. The third-order valence-electron chi connectivity index (χ3n) is 2.78. The number of hydrogen-bond donors (Lipinski definition) is 1. The van der Waals surface area contributed by atoms with Gasteiger partial charge in [0.25, 0.3) is 0 Å². The van der Waals surface area contributed by atoms with E-state index in [-0.39, 0.29) is 0 Å². The SMILES string of the molecule is COc1ccc(Br)c(COc2cccc(CN)c2)c1. The molecule has 0 fully saturated rings. The Morgan fingerprint density at radius 2 is 1.95 bits per heavy atom. The van der Waals surface area contributed by atoms with Gasteiger partial charge in [-0.3, -0.25) is 0 Å². The van der Waals surface area contributed by atoms with Gasteiger partial charge in [-0.2, -0.15) is 0 Å². The number of hydrogen-bond acceptors (Lipinski definition) is 3. The van der Waals surface area contributed by atoms with Crippen LogP contribution in [0.15, 0.2) is 46.9 Å². The van der Waals surface area contributed by atoms with Crippen molar-refractivity contribution in [2.45, 2.75) is 13.2 Å². The third kappa shape index (κ3) is 3.72. The highest BCUT2D eigenvalue weighted by atomic mass is 79.9. The number of halogens is 1. The van der Waals surface area contributed by atoms with Crippen molar-refractivity contribution in [1.29, 1.82) is 0 Å². The summed E-state index contributed by atoms with van der Waals surface area (Å²) in [5, 5.41) is 0. The van der Waals surface area contributed by atoms with Crippen LogP contribution in [0.5, 0.6) is 11.5 Å². The van der Waals surface area contributed by atoms with Crippen molar-refractivity contribution in [3.8, 4) is 11.5 Å². The van der Waals surface area contributed by atoms with Crippen molar-refractivity contribution in [3.63, 3.8) is 0 Å². The second-order valence-corrected chi connectivity index (χ2v) is 4.95. The summed E-state index contributed by atoms with van der Waals surface area (Å²) in [4.78, 5) is 0. The molecule has 2 aromatic carbocycles. The van der Waals surface area contributed by atoms with Crippen LogP contribution >= 0.6 is 15.9 Å². The van der Waals surface area contributed by atoms with Gasteiger partial charge in [0.1, 0.15) is 18.1 Å². The van der Waals surface area contributed by atoms with E-state index >= 15 is 0 Å². The minimum atomic E-state index is 0.478. The van der Waals surface area contributed by atoms with Crippen LogP contribution in [0.25, 0.3) is 0 Å². The Bertz CT molecular complexity index is 558. The smallest absolute Gasteiger partial charge is 0.120 e. The van der Waals surface area contributed by atoms with Crippen LogP contribution in [0.4, 0.5) is 0 Å². The number of nitrogens with two attached hydrogens (primary N) is 1. The van der Waals surface area contributed by atoms with Crippen molar-refractivity contribution < 1.29 is 9.47 Å². The van der Waals surface area contributed by atoms with Gasteiger partial charge in [-0.15, -0.1) is 0 Å². The monoisotopic (exact) mass is 321 g/mol. The van der Waals surface area contributed by atoms with Crippen LogP contribution < -0.4 is 15.2 Å². The highest BCUT2D eigenvalue weighted by Crippen LogP contribution is 2.24. The molecule has 0 saturated heterocycles. The summed E-state index contributed by atoms with van der Waals surface area (Å²) in [6.07, 6.45) is 0. The first-order chi connectivity index (χ1) is 9.22. The maximum Gasteiger partial charge on any atom is 0.120 e. The average Bonchev–Trinajstić information content (AvgIpc) is 2.46. The fourth-order valence-electron chi connectivity index (χ4n) is 1.71. The lowest BCUT2D eigenvalue weighted by molar-refractivity contribution is 0.304. The van der Waals surface area contributed by atoms with E-state index in [4.69, 9.17) is 15.2 Å². The van der Waals surface area contributed by atoms with Crippen molar-refractivity contribution in [1.82, 2.24) is 0 Å². The molecule has 0 saturated carbocycles. The predicted molar refractivity (Wildman–Crippen MR) is 79.4 cm³/mol. The molecule has 2 aromatic rings. The highest BCUT2D eigenvalue weighted by Gasteiger charge is 2.04. The molecule has 100 valence electrons. The van der Waals surface area contributed by atoms with Gasteiger partial charge in [-0.25, -0.2) is 0 Å². The Morgan fingerprint density at radius 3 is 2.68 bits per heavy atom. The Kier molecular flexibility index (Phi) is 4.82. The highest BCUT2D eigenvalue weighted by molar-refractivity contribution is 9.10. The zero-order valence-corrected chi connectivity index (χ0v) is 12.3. The number of methoxy groups -OCH3 is 1. The Morgan fingerprint density at radius 1 is 1.11 bits per heavy atom. The average molecular weight is 322 g/mol. The standard InChI is InChI=1S/C15H16BrNO2/c1-18-13-5-6-15(16)12(8-13)10-19-14-4-2-3-11(7-14)9-17/h2-8H,9-10,17H2,1H3. The van der Waals surface area contributed by atoms with Crippen molar-refractivity contribution in [3.05, 3.63) is 58.1 Å². The normalized spacial score (nSPS) is 10.3. The van der Waals surface area contributed by atoms with Crippen LogP contribution in [0.3, 0.4) is 0 Å². The van der Waals surface area contributed by atoms with Crippen molar-refractivity contribution >= 4 is 15.9 Å². The lowest BCUT2D eigenvalue weighted by Crippen LogP contribution is -1.99. The maximum absolute atomic E-state index is 5.77. The minimum absolute atomic E-state index is 0.478. The molecule has 0 aliphatic carbocycles. The van der Waals surface area contributed by atoms with Gasteiger partial charge in [0.2, 0.25) is 0 Å². The van der Waals surface area contributed by atoms with Crippen LogP contribution in [0, 0.1) is 0 Å². The molecule has 0 aromatic heterocycles. The molecule has 0 spiro atoms. The second kappa shape index (κ2) is 6.59. The van der Waals surface area contributed by atoms with E-state index in [0.717, 1.165) is 27.1 Å². The molecule has 3 nitrogen and oxygen atoms in total. The molecule has 0 radical (unpaired) electrons. The van der Waals surface area contributed by atoms with Gasteiger partial charge in [-0.1, -0.05) is 28.1 Å². The first-order valence-corrected chi connectivity index (χ1v) is 6.76. The van der Waals surface area contributed by atoms with E-state index in [1.54, 1.807) is 7.11 Å². The summed E-state index contributed by atoms with van der Waals surface area (Å²) in [6.45, 7) is 0.992. The third-order valence-corrected chi connectivity index (χ3v) is 3.55. The van der Waals surface area contributed by atoms with Gasteiger partial charge >= 0.3 is 0 Å². The fourth-order valence-corrected chi connectivity index (χ4v) is 2.07. The molecule has 0 unspecified atom stereocenters. The molecule has 0 atom stereocenters. The van der Waals surface area contributed by atoms with Gasteiger partial charge in [0.15, 0.2) is 0 Å². The molecular weight excluding hydrogens is 306 g/mol. The van der Waals surface area contributed by atoms with Crippen LogP contribution in [-0.4, -0.2) is 7.11 Å². The molecule has 4 heteroatoms. The van der Waals surface area contributed by atoms with Gasteiger partial charge < -0.3 is 15.2 Å². The van der Waals surface area contributed by atoms with E-state index < -0.39 is 0 Å². The molecule has 0 aliphatic rings. The molecule has 2 rings (SSSR count). The van der Waals surface area contributed by atoms with Crippen LogP contribution in [-0.2, 0) is 13.2 Å². The summed E-state index contributed by atoms with van der Waals surface area (Å²) in [5.74, 6) is 1.63. The number of rotatable bonds is 5. The number of benzene rings is 2. The molecule has 0 bridgehead atoms. The lowest BCUT2D eigenvalue weighted by Gasteiger charge is -2.10. The first kappa shape index (κ1) is 13.9. The van der Waals surface area contributed by atoms with Gasteiger partial charge in [-0.05, 0) is 35.9 Å². The van der Waals surface area contributed by atoms with Crippen molar-refractivity contribution in [2.75, 3.05) is 7.11 Å². The topological polar surface area (TPSA) is 44.5 Å². The van der Waals surface area contributed by atoms with Crippen LogP contribution in [0.2, 0.25) is 0 Å². The molecule has 19 heavy (non-hydrogen) atoms. The predicted octanol–water partition coefficient (Wildman–Crippen LogP) is 3.50. The van der Waals surface area contributed by atoms with Crippen LogP contribution in [0.1, 0.15) is 11.1 Å². The first-order valence-electron chi connectivity index (χ1n) is 5.97. The summed E-state index contributed by atoms with van der Waals surface area (Å²) in [7, 11) is 1.65. The molecule has 0 amide bonds. The Hall–Kier alpha value is -1.52. The maximum atomic E-state index is 5.77. The lowest BCUT2D eigenvalue weighted by atomic mass is 10.2. The van der Waals surface area contributed by atoms with Gasteiger partial charge in [0.05, 0.1) is 7.11 Å². The second-order valence-electron chi connectivity index (χ2n) is 4.10. The summed E-state index contributed by atoms with van der Waals surface area (Å²) in [6, 6.07) is 13.6. The Balaban J connectivity index is 2.09. The van der Waals surface area contributed by atoms with E-state index in [1.165, 1.54) is 0 Å². The van der Waals surface area contributed by atoms with E-state index in [9.17, 15) is 0 Å². The number of ether oxygens (including phenoxy) is 2. The Labute approximate surface area is 121 Å². The zero-order valence-electron chi connectivity index (χ0n) is 10.7. The molecular formula is C15H16BrNO2.